The second kappa shape index (κ2) is 15.7. The lowest BCUT2D eigenvalue weighted by Gasteiger charge is -2.47. The topological polar surface area (TPSA) is 87.2 Å². The Morgan fingerprint density at radius 2 is 1.85 bits per heavy atom. The number of hydrogen-bond donors (Lipinski definition) is 2. The number of rotatable bonds is 12. The van der Waals surface area contributed by atoms with E-state index >= 15 is 0 Å². The van der Waals surface area contributed by atoms with Crippen molar-refractivity contribution in [2.45, 2.75) is 88.5 Å². The number of fused-ring (bicyclic) bond motifs is 3. The number of pyridine rings is 1. The molecule has 8 nitrogen and oxygen atoms in total. The minimum Gasteiger partial charge on any atom is -0.493 e. The fraction of sp³-hybridized carbons (Fsp3) is 0.571. The number of aliphatic carboxylic acids is 1. The second-order valence-corrected chi connectivity index (χ2v) is 17.0. The molecule has 280 valence electrons. The summed E-state index contributed by atoms with van der Waals surface area (Å²) in [5.74, 6) is 1.96. The van der Waals surface area contributed by atoms with Crippen LogP contribution in [-0.2, 0) is 23.1 Å². The first-order chi connectivity index (χ1) is 25.0. The van der Waals surface area contributed by atoms with E-state index in [-0.39, 0.29) is 5.41 Å². The summed E-state index contributed by atoms with van der Waals surface area (Å²) in [4.78, 5) is 22.5. The number of aryl methyl sites for hydroxylation is 1. The van der Waals surface area contributed by atoms with E-state index in [9.17, 15) is 9.90 Å². The Kier molecular flexibility index (Phi) is 11.3. The number of piperazine rings is 1. The van der Waals surface area contributed by atoms with Gasteiger partial charge in [0.2, 0.25) is 0 Å². The third-order valence-corrected chi connectivity index (χ3v) is 13.1. The molecule has 52 heavy (non-hydrogen) atoms. The Morgan fingerprint density at radius 1 is 1.06 bits per heavy atom. The highest BCUT2D eigenvalue weighted by Crippen LogP contribution is 2.57. The molecule has 0 radical (unpaired) electrons. The Bertz CT molecular complexity index is 1740. The van der Waals surface area contributed by atoms with Gasteiger partial charge >= 0.3 is 5.97 Å². The quantitative estimate of drug-likeness (QED) is 0.191. The highest BCUT2D eigenvalue weighted by molar-refractivity contribution is 6.32. The van der Waals surface area contributed by atoms with Crippen LogP contribution in [0.4, 0.5) is 5.69 Å². The molecule has 4 aliphatic rings. The molecule has 2 heterocycles. The van der Waals surface area contributed by atoms with Crippen molar-refractivity contribution in [3.8, 4) is 11.5 Å². The third kappa shape index (κ3) is 7.77. The lowest BCUT2D eigenvalue weighted by atomic mass is 9.59. The molecule has 1 aliphatic heterocycles. The Hall–Kier alpha value is -3.04. The summed E-state index contributed by atoms with van der Waals surface area (Å²) in [5.41, 5.74) is 4.47. The molecule has 3 aromatic rings. The van der Waals surface area contributed by atoms with E-state index in [4.69, 9.17) is 32.7 Å². The number of anilines is 1. The highest BCUT2D eigenvalue weighted by atomic mass is 35.5. The Balaban J connectivity index is 1.12. The first-order valence-corrected chi connectivity index (χ1v) is 20.1. The molecular formula is C42H54Cl2N4O4. The summed E-state index contributed by atoms with van der Waals surface area (Å²) in [6.07, 6.45) is 9.62. The fourth-order valence-electron chi connectivity index (χ4n) is 9.57. The van der Waals surface area contributed by atoms with E-state index in [0.29, 0.717) is 53.9 Å². The van der Waals surface area contributed by atoms with Crippen molar-refractivity contribution in [1.82, 2.24) is 14.8 Å². The predicted octanol–water partition coefficient (Wildman–Crippen LogP) is 8.48. The molecule has 1 aromatic heterocycles. The van der Waals surface area contributed by atoms with Gasteiger partial charge in [-0.05, 0) is 136 Å². The molecule has 3 aliphatic carbocycles. The van der Waals surface area contributed by atoms with Crippen LogP contribution in [0, 0.1) is 11.8 Å². The molecule has 2 aromatic carbocycles. The lowest BCUT2D eigenvalue weighted by Crippen LogP contribution is -2.53. The number of aromatic nitrogens is 1. The summed E-state index contributed by atoms with van der Waals surface area (Å²) in [6.45, 7) is 10.9. The van der Waals surface area contributed by atoms with Crippen LogP contribution in [0.25, 0.3) is 0 Å². The lowest BCUT2D eigenvalue weighted by molar-refractivity contribution is -0.144. The van der Waals surface area contributed by atoms with Crippen LogP contribution in [0.1, 0.15) is 87.1 Å². The molecule has 1 saturated carbocycles. The average molecular weight is 750 g/mol. The van der Waals surface area contributed by atoms with Crippen molar-refractivity contribution in [3.05, 3.63) is 81.1 Å². The van der Waals surface area contributed by atoms with Crippen molar-refractivity contribution in [1.29, 1.82) is 0 Å². The van der Waals surface area contributed by atoms with Crippen molar-refractivity contribution in [2.75, 3.05) is 58.3 Å². The predicted molar refractivity (Wildman–Crippen MR) is 209 cm³/mol. The number of nitrogens with one attached hydrogen (secondary N) is 1. The first-order valence-electron chi connectivity index (χ1n) is 19.3. The first kappa shape index (κ1) is 37.3. The third-order valence-electron chi connectivity index (χ3n) is 12.6. The molecule has 7 rings (SSSR count). The minimum absolute atomic E-state index is 0.191. The van der Waals surface area contributed by atoms with Gasteiger partial charge in [0.1, 0.15) is 23.6 Å². The smallest absolute Gasteiger partial charge is 0.329 e. The van der Waals surface area contributed by atoms with Gasteiger partial charge in [0.05, 0.1) is 11.6 Å². The summed E-state index contributed by atoms with van der Waals surface area (Å²) in [5, 5.41) is 15.3. The monoisotopic (exact) mass is 748 g/mol. The zero-order valence-corrected chi connectivity index (χ0v) is 32.4. The van der Waals surface area contributed by atoms with Crippen molar-refractivity contribution in [2.24, 2.45) is 11.8 Å². The van der Waals surface area contributed by atoms with E-state index in [2.05, 4.69) is 53.1 Å². The maximum absolute atomic E-state index is 13.0. The number of likely N-dealkylation sites (N-methyl/N-ethyl adjacent to an activating group) is 1. The van der Waals surface area contributed by atoms with Gasteiger partial charge in [-0.25, -0.2) is 4.79 Å². The standard InChI is InChI=1S/C42H54Cl2N4O4/c1-28(27-52-37-10-15-45-36-9-4-6-29(2)39(36)37)22-31-23-30-24-35(44)38(51-21-20-48-18-16-47(3)17-19-48)26-34(30)41(31)11-13-42(14-12-41,40(49)50)46-33-8-5-7-32(43)25-33/h5,7-8,10,15,24-26,28-29,31,46H,4,6,9,11-14,16-23,27H2,1-3H3,(H,49,50)/t28-,29-,31?,41?,42?/m1/s1. The number of carbonyl (C=O) groups is 1. The normalized spacial score (nSPS) is 26.8. The van der Waals surface area contributed by atoms with E-state index in [1.54, 1.807) is 12.1 Å². The van der Waals surface area contributed by atoms with E-state index in [0.717, 1.165) is 82.0 Å². The van der Waals surface area contributed by atoms with Gasteiger partial charge in [0.15, 0.2) is 0 Å². The Labute approximate surface area is 319 Å². The summed E-state index contributed by atoms with van der Waals surface area (Å²) < 4.78 is 13.0. The van der Waals surface area contributed by atoms with Gasteiger partial charge < -0.3 is 24.8 Å². The summed E-state index contributed by atoms with van der Waals surface area (Å²) in [7, 11) is 2.17. The van der Waals surface area contributed by atoms with Crippen molar-refractivity contribution < 1.29 is 19.4 Å². The van der Waals surface area contributed by atoms with Crippen LogP contribution in [0.2, 0.25) is 10.0 Å². The number of carboxylic acids is 1. The maximum Gasteiger partial charge on any atom is 0.329 e. The number of nitrogens with zero attached hydrogens (tertiary/aromatic N) is 3. The number of carboxylic acid groups (broad SMARTS) is 1. The minimum atomic E-state index is -1.08. The second-order valence-electron chi connectivity index (χ2n) is 16.1. The largest absolute Gasteiger partial charge is 0.493 e. The molecule has 1 saturated heterocycles. The Morgan fingerprint density at radius 3 is 2.60 bits per heavy atom. The van der Waals surface area contributed by atoms with Crippen LogP contribution in [0.15, 0.2) is 48.7 Å². The number of hydrogen-bond acceptors (Lipinski definition) is 7. The van der Waals surface area contributed by atoms with Gasteiger partial charge in [-0.3, -0.25) is 9.88 Å². The van der Waals surface area contributed by atoms with Crippen molar-refractivity contribution in [3.63, 3.8) is 0 Å². The molecule has 1 spiro atoms. The zero-order valence-electron chi connectivity index (χ0n) is 30.9. The number of benzene rings is 2. The van der Waals surface area contributed by atoms with Crippen LogP contribution < -0.4 is 14.8 Å². The van der Waals surface area contributed by atoms with Gasteiger partial charge in [0, 0.05) is 60.9 Å². The van der Waals surface area contributed by atoms with Gasteiger partial charge in [-0.15, -0.1) is 0 Å². The molecule has 10 heteroatoms. The molecule has 1 unspecified atom stereocenters. The van der Waals surface area contributed by atoms with E-state index in [1.165, 1.54) is 35.2 Å². The number of ether oxygens (including phenoxy) is 2. The number of halogens is 2. The zero-order chi connectivity index (χ0) is 36.5. The van der Waals surface area contributed by atoms with Gasteiger partial charge in [-0.2, -0.15) is 0 Å². The van der Waals surface area contributed by atoms with Crippen LogP contribution >= 0.6 is 23.2 Å². The van der Waals surface area contributed by atoms with Gasteiger partial charge in [0.25, 0.3) is 0 Å². The molecule has 0 amide bonds. The maximum atomic E-state index is 13.0. The van der Waals surface area contributed by atoms with Crippen molar-refractivity contribution >= 4 is 34.9 Å². The average Bonchev–Trinajstić information content (AvgIpc) is 3.39. The van der Waals surface area contributed by atoms with Crippen LogP contribution in [0.5, 0.6) is 11.5 Å². The molecule has 2 N–H and O–H groups in total. The molecule has 2 fully saturated rings. The van der Waals surface area contributed by atoms with Crippen LogP contribution in [0.3, 0.4) is 0 Å². The fourth-order valence-corrected chi connectivity index (χ4v) is 10.0. The summed E-state index contributed by atoms with van der Waals surface area (Å²) in [6, 6.07) is 13.7. The van der Waals surface area contributed by atoms with Gasteiger partial charge in [-0.1, -0.05) is 43.1 Å². The molecular weight excluding hydrogens is 695 g/mol. The van der Waals surface area contributed by atoms with Crippen LogP contribution in [-0.4, -0.2) is 84.4 Å². The SMILES string of the molecule is C[C@@H](COc1ccnc2c1[C@H](C)CCC2)CC1Cc2cc(Cl)c(OCCN3CCN(C)CC3)cc2C12CCC(Nc1cccc(Cl)c1)(C(=O)O)CC2. The highest BCUT2D eigenvalue weighted by Gasteiger charge is 2.54. The van der Waals surface area contributed by atoms with E-state index in [1.807, 2.05) is 24.4 Å². The molecule has 3 atom stereocenters. The molecule has 0 bridgehead atoms. The van der Waals surface area contributed by atoms with E-state index < -0.39 is 11.5 Å². The summed E-state index contributed by atoms with van der Waals surface area (Å²) >= 11 is 13.2.